The van der Waals surface area contributed by atoms with Crippen LogP contribution in [0.2, 0.25) is 0 Å². The summed E-state index contributed by atoms with van der Waals surface area (Å²) in [6, 6.07) is 7.28. The summed E-state index contributed by atoms with van der Waals surface area (Å²) in [7, 11) is 1.61. The average Bonchev–Trinajstić information content (AvgIpc) is 2.53. The molecule has 0 radical (unpaired) electrons. The van der Waals surface area contributed by atoms with Gasteiger partial charge in [-0.2, -0.15) is 0 Å². The molecular weight excluding hydrogens is 266 g/mol. The molecule has 0 unspecified atom stereocenters. The van der Waals surface area contributed by atoms with Crippen LogP contribution in [-0.4, -0.2) is 32.0 Å². The van der Waals surface area contributed by atoms with Gasteiger partial charge in [0.1, 0.15) is 0 Å². The number of rotatable bonds is 5. The topological polar surface area (TPSA) is 70.2 Å². The zero-order valence-electron chi connectivity index (χ0n) is 12.4. The van der Waals surface area contributed by atoms with E-state index in [4.69, 9.17) is 0 Å². The molecule has 21 heavy (non-hydrogen) atoms. The molecule has 5 nitrogen and oxygen atoms in total. The van der Waals surface area contributed by atoms with E-state index in [9.17, 15) is 9.59 Å². The molecule has 2 rings (SSSR count). The molecule has 1 aromatic carbocycles. The maximum Gasteiger partial charge on any atom is 0.251 e. The summed E-state index contributed by atoms with van der Waals surface area (Å²) >= 11 is 0. The van der Waals surface area contributed by atoms with Crippen molar-refractivity contribution < 1.29 is 9.59 Å². The van der Waals surface area contributed by atoms with Gasteiger partial charge >= 0.3 is 0 Å². The first-order chi connectivity index (χ1) is 10.2. The smallest absolute Gasteiger partial charge is 0.251 e. The molecule has 2 amide bonds. The molecule has 0 aromatic heterocycles. The summed E-state index contributed by atoms with van der Waals surface area (Å²) < 4.78 is 0. The molecule has 0 saturated carbocycles. The molecule has 0 spiro atoms. The highest BCUT2D eigenvalue weighted by Crippen LogP contribution is 2.15. The third-order valence-electron chi connectivity index (χ3n) is 3.87. The van der Waals surface area contributed by atoms with Gasteiger partial charge in [-0.25, -0.2) is 0 Å². The van der Waals surface area contributed by atoms with Crippen molar-refractivity contribution in [1.82, 2.24) is 16.0 Å². The first kappa shape index (κ1) is 15.5. The number of carbonyl (C=O) groups excluding carboxylic acids is 2. The van der Waals surface area contributed by atoms with Gasteiger partial charge in [0.25, 0.3) is 5.91 Å². The van der Waals surface area contributed by atoms with Gasteiger partial charge in [-0.3, -0.25) is 9.59 Å². The van der Waals surface area contributed by atoms with Crippen LogP contribution in [0.4, 0.5) is 0 Å². The summed E-state index contributed by atoms with van der Waals surface area (Å²) in [5.41, 5.74) is 1.63. The number of benzene rings is 1. The van der Waals surface area contributed by atoms with Crippen LogP contribution in [0.5, 0.6) is 0 Å². The van der Waals surface area contributed by atoms with Gasteiger partial charge in [0.15, 0.2) is 0 Å². The minimum absolute atomic E-state index is 0.100. The van der Waals surface area contributed by atoms with Crippen LogP contribution >= 0.6 is 0 Å². The van der Waals surface area contributed by atoms with Crippen LogP contribution in [-0.2, 0) is 11.3 Å². The van der Waals surface area contributed by atoms with Crippen LogP contribution < -0.4 is 16.0 Å². The van der Waals surface area contributed by atoms with Crippen molar-refractivity contribution in [1.29, 1.82) is 0 Å². The Morgan fingerprint density at radius 2 is 1.86 bits per heavy atom. The SMILES string of the molecule is CNC(=O)c1ccc(CNC(=O)CC2CCNCC2)cc1. The summed E-state index contributed by atoms with van der Waals surface area (Å²) in [6.45, 7) is 2.54. The van der Waals surface area contributed by atoms with Gasteiger partial charge in [0.2, 0.25) is 5.91 Å². The second kappa shape index (κ2) is 7.78. The Morgan fingerprint density at radius 3 is 2.48 bits per heavy atom. The zero-order chi connectivity index (χ0) is 15.1. The van der Waals surface area contributed by atoms with Crippen molar-refractivity contribution in [3.63, 3.8) is 0 Å². The fourth-order valence-corrected chi connectivity index (χ4v) is 2.54. The normalized spacial score (nSPS) is 15.5. The number of amides is 2. The summed E-state index contributed by atoms with van der Waals surface area (Å²) in [5.74, 6) is 0.510. The molecule has 3 N–H and O–H groups in total. The number of hydrogen-bond donors (Lipinski definition) is 3. The Labute approximate surface area is 125 Å². The van der Waals surface area contributed by atoms with E-state index in [2.05, 4.69) is 16.0 Å². The third kappa shape index (κ3) is 4.86. The van der Waals surface area contributed by atoms with E-state index in [0.29, 0.717) is 24.4 Å². The predicted molar refractivity (Wildman–Crippen MR) is 81.9 cm³/mol. The van der Waals surface area contributed by atoms with Gasteiger partial charge in [-0.15, -0.1) is 0 Å². The maximum absolute atomic E-state index is 11.9. The lowest BCUT2D eigenvalue weighted by Gasteiger charge is -2.21. The molecule has 0 aliphatic carbocycles. The maximum atomic E-state index is 11.9. The standard InChI is InChI=1S/C16H23N3O2/c1-17-16(21)14-4-2-13(3-5-14)11-19-15(20)10-12-6-8-18-9-7-12/h2-5,12,18H,6-11H2,1H3,(H,17,21)(H,19,20). The number of nitrogens with one attached hydrogen (secondary N) is 3. The lowest BCUT2D eigenvalue weighted by molar-refractivity contribution is -0.122. The Morgan fingerprint density at radius 1 is 1.19 bits per heavy atom. The molecule has 1 heterocycles. The molecule has 0 atom stereocenters. The second-order valence-electron chi connectivity index (χ2n) is 5.45. The lowest BCUT2D eigenvalue weighted by atomic mass is 9.94. The van der Waals surface area contributed by atoms with Gasteiger partial charge in [0, 0.05) is 25.6 Å². The van der Waals surface area contributed by atoms with Crippen molar-refractivity contribution in [3.8, 4) is 0 Å². The largest absolute Gasteiger partial charge is 0.355 e. The van der Waals surface area contributed by atoms with Crippen LogP contribution in [0, 0.1) is 5.92 Å². The molecule has 5 heteroatoms. The zero-order valence-corrected chi connectivity index (χ0v) is 12.4. The fourth-order valence-electron chi connectivity index (χ4n) is 2.54. The molecule has 0 bridgehead atoms. The minimum atomic E-state index is -0.100. The van der Waals surface area contributed by atoms with Crippen molar-refractivity contribution in [2.24, 2.45) is 5.92 Å². The quantitative estimate of drug-likeness (QED) is 0.759. The highest BCUT2D eigenvalue weighted by Gasteiger charge is 2.16. The Balaban J connectivity index is 1.76. The van der Waals surface area contributed by atoms with E-state index >= 15 is 0 Å². The van der Waals surface area contributed by atoms with E-state index in [1.807, 2.05) is 12.1 Å². The summed E-state index contributed by atoms with van der Waals surface area (Å²) in [4.78, 5) is 23.3. The first-order valence-corrected chi connectivity index (χ1v) is 7.47. The van der Waals surface area contributed by atoms with E-state index in [-0.39, 0.29) is 11.8 Å². The van der Waals surface area contributed by atoms with E-state index < -0.39 is 0 Å². The predicted octanol–water partition coefficient (Wildman–Crippen LogP) is 1.05. The molecule has 1 aliphatic rings. The fraction of sp³-hybridized carbons (Fsp3) is 0.500. The van der Waals surface area contributed by atoms with E-state index in [0.717, 1.165) is 31.5 Å². The molecular formula is C16H23N3O2. The third-order valence-corrected chi connectivity index (χ3v) is 3.87. The Kier molecular flexibility index (Phi) is 5.75. The Hall–Kier alpha value is -1.88. The van der Waals surface area contributed by atoms with E-state index in [1.54, 1.807) is 19.2 Å². The molecule has 1 fully saturated rings. The van der Waals surface area contributed by atoms with Crippen LogP contribution in [0.1, 0.15) is 35.2 Å². The summed E-state index contributed by atoms with van der Waals surface area (Å²) in [5, 5.41) is 8.83. The van der Waals surface area contributed by atoms with Crippen LogP contribution in [0.3, 0.4) is 0 Å². The van der Waals surface area contributed by atoms with Crippen molar-refractivity contribution in [2.75, 3.05) is 20.1 Å². The van der Waals surface area contributed by atoms with Crippen molar-refractivity contribution in [3.05, 3.63) is 35.4 Å². The number of piperidine rings is 1. The lowest BCUT2D eigenvalue weighted by Crippen LogP contribution is -2.32. The molecule has 1 saturated heterocycles. The number of hydrogen-bond acceptors (Lipinski definition) is 3. The highest BCUT2D eigenvalue weighted by molar-refractivity contribution is 5.93. The van der Waals surface area contributed by atoms with Crippen molar-refractivity contribution in [2.45, 2.75) is 25.8 Å². The van der Waals surface area contributed by atoms with Crippen LogP contribution in [0.25, 0.3) is 0 Å². The number of carbonyl (C=O) groups is 2. The Bertz CT molecular complexity index is 479. The molecule has 1 aliphatic heterocycles. The highest BCUT2D eigenvalue weighted by atomic mass is 16.2. The first-order valence-electron chi connectivity index (χ1n) is 7.47. The van der Waals surface area contributed by atoms with Gasteiger partial charge in [-0.05, 0) is 49.5 Å². The van der Waals surface area contributed by atoms with E-state index in [1.165, 1.54) is 0 Å². The summed E-state index contributed by atoms with van der Waals surface area (Å²) in [6.07, 6.45) is 2.76. The molecule has 1 aromatic rings. The van der Waals surface area contributed by atoms with Gasteiger partial charge in [-0.1, -0.05) is 12.1 Å². The van der Waals surface area contributed by atoms with Crippen LogP contribution in [0.15, 0.2) is 24.3 Å². The second-order valence-corrected chi connectivity index (χ2v) is 5.45. The van der Waals surface area contributed by atoms with Crippen molar-refractivity contribution >= 4 is 11.8 Å². The molecule has 114 valence electrons. The monoisotopic (exact) mass is 289 g/mol. The minimum Gasteiger partial charge on any atom is -0.355 e. The van der Waals surface area contributed by atoms with Gasteiger partial charge < -0.3 is 16.0 Å². The van der Waals surface area contributed by atoms with Gasteiger partial charge in [0.05, 0.1) is 0 Å². The average molecular weight is 289 g/mol.